The smallest absolute Gasteiger partial charge is 0.387 e. The van der Waals surface area contributed by atoms with Crippen molar-refractivity contribution in [3.05, 3.63) is 23.8 Å². The molecular weight excluding hydrogens is 370 g/mol. The lowest BCUT2D eigenvalue weighted by atomic mass is 9.90. The number of nitrogens with zero attached hydrogens (tertiary/aromatic N) is 1. The van der Waals surface area contributed by atoms with Gasteiger partial charge in [0.1, 0.15) is 0 Å². The molecule has 0 bridgehead atoms. The number of ether oxygens (including phenoxy) is 2. The minimum Gasteiger partial charge on any atom is -0.493 e. The van der Waals surface area contributed by atoms with Crippen molar-refractivity contribution in [2.24, 2.45) is 11.3 Å². The molecule has 0 unspecified atom stereocenters. The van der Waals surface area contributed by atoms with Crippen molar-refractivity contribution in [2.75, 3.05) is 20.2 Å². The van der Waals surface area contributed by atoms with Crippen molar-refractivity contribution in [1.29, 1.82) is 0 Å². The largest absolute Gasteiger partial charge is 0.493 e. The molecule has 28 heavy (non-hydrogen) atoms. The molecular formula is C20H28F2N2O4. The average Bonchev–Trinajstić information content (AvgIpc) is 2.65. The first kappa shape index (κ1) is 21.9. The average molecular weight is 398 g/mol. The summed E-state index contributed by atoms with van der Waals surface area (Å²) in [5.41, 5.74) is 0.293. The van der Waals surface area contributed by atoms with E-state index in [1.165, 1.54) is 13.2 Å². The van der Waals surface area contributed by atoms with Crippen LogP contribution < -0.4 is 14.8 Å². The van der Waals surface area contributed by atoms with E-state index in [2.05, 4.69) is 10.1 Å². The number of alkyl halides is 2. The zero-order chi connectivity index (χ0) is 20.9. The van der Waals surface area contributed by atoms with Gasteiger partial charge in [-0.2, -0.15) is 8.78 Å². The van der Waals surface area contributed by atoms with Crippen molar-refractivity contribution in [3.8, 4) is 11.5 Å². The summed E-state index contributed by atoms with van der Waals surface area (Å²) in [6, 6.07) is 4.55. The Hall–Kier alpha value is -2.38. The number of rotatable bonds is 6. The number of halogens is 2. The van der Waals surface area contributed by atoms with E-state index in [1.807, 2.05) is 25.7 Å². The lowest BCUT2D eigenvalue weighted by Crippen LogP contribution is -2.46. The van der Waals surface area contributed by atoms with Gasteiger partial charge in [0.2, 0.25) is 11.8 Å². The van der Waals surface area contributed by atoms with Crippen LogP contribution in [0.15, 0.2) is 18.2 Å². The molecule has 1 heterocycles. The second-order valence-corrected chi connectivity index (χ2v) is 7.90. The fourth-order valence-electron chi connectivity index (χ4n) is 3.17. The lowest BCUT2D eigenvalue weighted by Gasteiger charge is -2.35. The highest BCUT2D eigenvalue weighted by atomic mass is 19.3. The number of hydrogen-bond acceptors (Lipinski definition) is 4. The minimum atomic E-state index is -2.93. The fraction of sp³-hybridized carbons (Fsp3) is 0.600. The molecule has 0 spiro atoms. The van der Waals surface area contributed by atoms with E-state index >= 15 is 0 Å². The van der Waals surface area contributed by atoms with Gasteiger partial charge in [-0.1, -0.05) is 26.8 Å². The number of likely N-dealkylation sites (tertiary alicyclic amines) is 1. The first-order chi connectivity index (χ1) is 13.1. The van der Waals surface area contributed by atoms with Gasteiger partial charge >= 0.3 is 6.61 Å². The van der Waals surface area contributed by atoms with Crippen LogP contribution in [0.25, 0.3) is 0 Å². The first-order valence-electron chi connectivity index (χ1n) is 9.30. The van der Waals surface area contributed by atoms with Crippen molar-refractivity contribution in [3.63, 3.8) is 0 Å². The molecule has 2 amide bonds. The SMILES string of the molecule is COc1cc(CNC(=O)C2CCN(C(=O)C(C)(C)C)CC2)ccc1OC(F)F. The fourth-order valence-corrected chi connectivity index (χ4v) is 3.17. The van der Waals surface area contributed by atoms with Gasteiger partial charge in [0.15, 0.2) is 11.5 Å². The number of carbonyl (C=O) groups excluding carboxylic acids is 2. The maximum absolute atomic E-state index is 12.4. The number of nitrogens with one attached hydrogen (secondary N) is 1. The van der Waals surface area contributed by atoms with Crippen LogP contribution in [0.3, 0.4) is 0 Å². The maximum atomic E-state index is 12.4. The quantitative estimate of drug-likeness (QED) is 0.799. The molecule has 0 aromatic heterocycles. The maximum Gasteiger partial charge on any atom is 0.387 e. The summed E-state index contributed by atoms with van der Waals surface area (Å²) in [6.07, 6.45) is 1.25. The van der Waals surface area contributed by atoms with E-state index in [1.54, 1.807) is 12.1 Å². The minimum absolute atomic E-state index is 0.0523. The number of carbonyl (C=O) groups is 2. The van der Waals surface area contributed by atoms with E-state index in [0.29, 0.717) is 31.5 Å². The molecule has 1 aromatic carbocycles. The highest BCUT2D eigenvalue weighted by Gasteiger charge is 2.32. The summed E-state index contributed by atoms with van der Waals surface area (Å²) in [5.74, 6) is 0.0103. The third kappa shape index (κ3) is 5.81. The Bertz CT molecular complexity index is 696. The van der Waals surface area contributed by atoms with Gasteiger partial charge in [-0.15, -0.1) is 0 Å². The highest BCUT2D eigenvalue weighted by molar-refractivity contribution is 5.82. The summed E-state index contributed by atoms with van der Waals surface area (Å²) >= 11 is 0. The second-order valence-electron chi connectivity index (χ2n) is 7.90. The molecule has 1 aromatic rings. The van der Waals surface area contributed by atoms with Crippen LogP contribution in [0.5, 0.6) is 11.5 Å². The number of methoxy groups -OCH3 is 1. The Morgan fingerprint density at radius 3 is 2.39 bits per heavy atom. The molecule has 6 nitrogen and oxygen atoms in total. The van der Waals surface area contributed by atoms with Gasteiger partial charge in [-0.25, -0.2) is 0 Å². The summed E-state index contributed by atoms with van der Waals surface area (Å²) < 4.78 is 34.2. The Morgan fingerprint density at radius 2 is 1.86 bits per heavy atom. The lowest BCUT2D eigenvalue weighted by molar-refractivity contribution is -0.142. The van der Waals surface area contributed by atoms with Crippen molar-refractivity contribution in [1.82, 2.24) is 10.2 Å². The normalized spacial score (nSPS) is 15.5. The Labute approximate surface area is 164 Å². The van der Waals surface area contributed by atoms with Crippen LogP contribution >= 0.6 is 0 Å². The molecule has 1 aliphatic heterocycles. The molecule has 0 aliphatic carbocycles. The molecule has 1 saturated heterocycles. The number of benzene rings is 1. The van der Waals surface area contributed by atoms with E-state index in [0.717, 1.165) is 0 Å². The molecule has 1 aliphatic rings. The molecule has 1 fully saturated rings. The van der Waals surface area contributed by atoms with Crippen molar-refractivity contribution in [2.45, 2.75) is 46.8 Å². The van der Waals surface area contributed by atoms with Gasteiger partial charge < -0.3 is 19.7 Å². The van der Waals surface area contributed by atoms with E-state index in [9.17, 15) is 18.4 Å². The van der Waals surface area contributed by atoms with Crippen LogP contribution in [0.4, 0.5) is 8.78 Å². The summed E-state index contributed by atoms with van der Waals surface area (Å²) in [5, 5.41) is 2.87. The monoisotopic (exact) mass is 398 g/mol. The highest BCUT2D eigenvalue weighted by Crippen LogP contribution is 2.29. The van der Waals surface area contributed by atoms with Gasteiger partial charge in [-0.3, -0.25) is 9.59 Å². The molecule has 8 heteroatoms. The Balaban J connectivity index is 1.87. The predicted molar refractivity (Wildman–Crippen MR) is 100 cm³/mol. The Kier molecular flexibility index (Phi) is 7.21. The van der Waals surface area contributed by atoms with Crippen molar-refractivity contribution < 1.29 is 27.8 Å². The van der Waals surface area contributed by atoms with Crippen molar-refractivity contribution >= 4 is 11.8 Å². The number of hydrogen-bond donors (Lipinski definition) is 1. The second kappa shape index (κ2) is 9.21. The van der Waals surface area contributed by atoms with E-state index in [-0.39, 0.29) is 35.8 Å². The molecule has 156 valence electrons. The third-order valence-electron chi connectivity index (χ3n) is 4.71. The molecule has 0 atom stereocenters. The van der Waals surface area contributed by atoms with Crippen LogP contribution in [0.2, 0.25) is 0 Å². The number of amides is 2. The molecule has 0 radical (unpaired) electrons. The van der Waals surface area contributed by atoms with E-state index in [4.69, 9.17) is 4.74 Å². The molecule has 1 N–H and O–H groups in total. The van der Waals surface area contributed by atoms with Gasteiger partial charge in [0.05, 0.1) is 7.11 Å². The third-order valence-corrected chi connectivity index (χ3v) is 4.71. The van der Waals surface area contributed by atoms with Gasteiger partial charge in [-0.05, 0) is 30.5 Å². The van der Waals surface area contributed by atoms with Crippen LogP contribution in [-0.2, 0) is 16.1 Å². The summed E-state index contributed by atoms with van der Waals surface area (Å²) in [7, 11) is 1.36. The first-order valence-corrected chi connectivity index (χ1v) is 9.30. The topological polar surface area (TPSA) is 67.9 Å². The number of piperidine rings is 1. The zero-order valence-electron chi connectivity index (χ0n) is 16.8. The van der Waals surface area contributed by atoms with E-state index < -0.39 is 12.0 Å². The van der Waals surface area contributed by atoms with Crippen LogP contribution in [0.1, 0.15) is 39.2 Å². The van der Waals surface area contributed by atoms with Crippen LogP contribution in [0, 0.1) is 11.3 Å². The van der Waals surface area contributed by atoms with Gasteiger partial charge in [0, 0.05) is 31.0 Å². The van der Waals surface area contributed by atoms with Crippen LogP contribution in [-0.4, -0.2) is 43.5 Å². The Morgan fingerprint density at radius 1 is 1.21 bits per heavy atom. The zero-order valence-corrected chi connectivity index (χ0v) is 16.8. The molecule has 0 saturated carbocycles. The summed E-state index contributed by atoms with van der Waals surface area (Å²) in [4.78, 5) is 26.6. The standard InChI is InChI=1S/C20H28F2N2O4/c1-20(2,3)18(26)24-9-7-14(8-10-24)17(25)23-12-13-5-6-15(28-19(21)22)16(11-13)27-4/h5-6,11,14,19H,7-10,12H2,1-4H3,(H,23,25). The van der Waals surface area contributed by atoms with Gasteiger partial charge in [0.25, 0.3) is 0 Å². The predicted octanol–water partition coefficient (Wildman–Crippen LogP) is 3.20. The summed E-state index contributed by atoms with van der Waals surface area (Å²) in [6.45, 7) is 4.13. The molecule has 2 rings (SSSR count).